The number of aliphatic hydroxyl groups is 1. The topological polar surface area (TPSA) is 77.0 Å². The maximum atomic E-state index is 10.3. The molecule has 7 rings (SSSR count). The molecule has 0 saturated carbocycles. The number of rotatable bonds is 3. The van der Waals surface area contributed by atoms with Gasteiger partial charge in [-0.3, -0.25) is 0 Å². The number of ether oxygens (including phenoxy) is 1. The maximum absolute atomic E-state index is 10.3. The van der Waals surface area contributed by atoms with Crippen LogP contribution in [0.1, 0.15) is 30.5 Å². The zero-order valence-electron chi connectivity index (χ0n) is 22.2. The molecule has 3 fully saturated rings. The Morgan fingerprint density at radius 3 is 2.53 bits per heavy atom. The predicted molar refractivity (Wildman–Crippen MR) is 153 cm³/mol. The van der Waals surface area contributed by atoms with E-state index in [1.54, 1.807) is 7.11 Å². The first kappa shape index (κ1) is 25.6. The third kappa shape index (κ3) is 5.02. The number of hydrogen-bond donors (Lipinski definition) is 2. The molecule has 2 bridgehead atoms. The lowest BCUT2D eigenvalue weighted by molar-refractivity contribution is 0.163. The zero-order valence-corrected chi connectivity index (χ0v) is 23.0. The summed E-state index contributed by atoms with van der Waals surface area (Å²) in [5.74, 6) is 0.952. The Bertz CT molecular complexity index is 1290. The van der Waals surface area contributed by atoms with Crippen LogP contribution in [0.15, 0.2) is 36.4 Å². The quantitative estimate of drug-likeness (QED) is 0.527. The van der Waals surface area contributed by atoms with Crippen LogP contribution in [0, 0.1) is 0 Å². The van der Waals surface area contributed by atoms with E-state index in [-0.39, 0.29) is 12.1 Å². The number of fused-ring (bicyclic) bond motifs is 4. The second-order valence-electron chi connectivity index (χ2n) is 10.9. The average molecular weight is 537 g/mol. The van der Waals surface area contributed by atoms with Crippen LogP contribution in [0.4, 0.5) is 11.5 Å². The van der Waals surface area contributed by atoms with Crippen molar-refractivity contribution in [1.29, 1.82) is 0 Å². The number of methoxy groups -OCH3 is 1. The number of hydrogen-bond acceptors (Lipinski definition) is 8. The molecule has 202 valence electrons. The van der Waals surface area contributed by atoms with Crippen molar-refractivity contribution in [1.82, 2.24) is 20.2 Å². The number of piperazine rings is 1. The number of aliphatic hydroxyl groups excluding tert-OH is 1. The van der Waals surface area contributed by atoms with Gasteiger partial charge in [-0.15, -0.1) is 0 Å². The molecule has 3 unspecified atom stereocenters. The van der Waals surface area contributed by atoms with E-state index in [0.29, 0.717) is 18.6 Å². The first-order chi connectivity index (χ1) is 18.5. The van der Waals surface area contributed by atoms with Crippen LogP contribution in [0.2, 0.25) is 5.02 Å². The summed E-state index contributed by atoms with van der Waals surface area (Å²) >= 11 is 6.60. The van der Waals surface area contributed by atoms with Crippen molar-refractivity contribution in [3.05, 3.63) is 52.7 Å². The van der Waals surface area contributed by atoms with Gasteiger partial charge in [0.15, 0.2) is 0 Å². The predicted octanol–water partition coefficient (Wildman–Crippen LogP) is 3.48. The molecule has 8 nitrogen and oxygen atoms in total. The highest BCUT2D eigenvalue weighted by atomic mass is 35.5. The Morgan fingerprint density at radius 2 is 1.82 bits per heavy atom. The van der Waals surface area contributed by atoms with Gasteiger partial charge in [-0.05, 0) is 63.3 Å². The summed E-state index contributed by atoms with van der Waals surface area (Å²) < 4.78 is 5.48. The number of likely N-dealkylation sites (tertiary alicyclic amines) is 1. The van der Waals surface area contributed by atoms with E-state index in [1.807, 2.05) is 12.1 Å². The van der Waals surface area contributed by atoms with Gasteiger partial charge in [0.2, 0.25) is 0 Å². The molecule has 0 spiro atoms. The van der Waals surface area contributed by atoms with E-state index in [2.05, 4.69) is 51.3 Å². The second kappa shape index (κ2) is 10.8. The van der Waals surface area contributed by atoms with Crippen molar-refractivity contribution in [2.75, 3.05) is 56.7 Å². The fourth-order valence-corrected chi connectivity index (χ4v) is 6.63. The minimum atomic E-state index is -0.295. The molecule has 38 heavy (non-hydrogen) atoms. The fourth-order valence-electron chi connectivity index (χ4n) is 6.35. The van der Waals surface area contributed by atoms with E-state index in [4.69, 9.17) is 26.3 Å². The second-order valence-corrected chi connectivity index (χ2v) is 11.3. The normalized spacial score (nSPS) is 24.8. The van der Waals surface area contributed by atoms with Crippen molar-refractivity contribution < 1.29 is 9.84 Å². The summed E-state index contributed by atoms with van der Waals surface area (Å²) in [6.45, 7) is 5.75. The molecule has 9 heteroatoms. The molecule has 3 atom stereocenters. The summed E-state index contributed by atoms with van der Waals surface area (Å²) in [6.07, 6.45) is 4.17. The Balaban J connectivity index is 0.000000390. The van der Waals surface area contributed by atoms with Crippen LogP contribution in [0.5, 0.6) is 6.01 Å². The van der Waals surface area contributed by atoms with Crippen LogP contribution in [-0.2, 0) is 13.0 Å². The summed E-state index contributed by atoms with van der Waals surface area (Å²) in [7, 11) is 3.79. The van der Waals surface area contributed by atoms with Gasteiger partial charge < -0.3 is 29.9 Å². The molecule has 0 radical (unpaired) electrons. The first-order valence-corrected chi connectivity index (χ1v) is 14.1. The van der Waals surface area contributed by atoms with E-state index < -0.39 is 0 Å². The maximum Gasteiger partial charge on any atom is 0.318 e. The third-order valence-corrected chi connectivity index (χ3v) is 8.62. The number of aromatic nitrogens is 2. The highest BCUT2D eigenvalue weighted by Gasteiger charge is 2.40. The largest absolute Gasteiger partial charge is 0.467 e. The molecule has 4 aliphatic heterocycles. The number of anilines is 2. The van der Waals surface area contributed by atoms with Crippen LogP contribution >= 0.6 is 11.6 Å². The number of nitrogens with one attached hydrogen (secondary N) is 1. The average Bonchev–Trinajstić information content (AvgIpc) is 3.52. The standard InChI is InChI=1S/C24H26ClN5O2.C5H11N/c1-32-24-27-18-12-29(20-7-3-5-14-4-2-6-17(25)22(14)20)9-8-16(18)23(28-24)30-11-15-10-21(31)19(13-30)26-15;1-6-4-2-3-5-6/h2-7,15,19,21,26,31H,8-13H2,1H3;2-5H2,1H3. The molecule has 0 amide bonds. The van der Waals surface area contributed by atoms with Gasteiger partial charge in [0.05, 0.1) is 36.5 Å². The Hall–Kier alpha value is -2.65. The van der Waals surface area contributed by atoms with Crippen molar-refractivity contribution in [2.45, 2.75) is 50.4 Å². The molecule has 1 aromatic heterocycles. The van der Waals surface area contributed by atoms with Crippen LogP contribution < -0.4 is 19.9 Å². The minimum Gasteiger partial charge on any atom is -0.467 e. The van der Waals surface area contributed by atoms with E-state index >= 15 is 0 Å². The van der Waals surface area contributed by atoms with Gasteiger partial charge in [0.25, 0.3) is 0 Å². The van der Waals surface area contributed by atoms with Crippen molar-refractivity contribution in [3.63, 3.8) is 0 Å². The molecule has 0 aliphatic carbocycles. The van der Waals surface area contributed by atoms with Crippen LogP contribution in [0.25, 0.3) is 10.8 Å². The lowest BCUT2D eigenvalue weighted by atomic mass is 10.0. The van der Waals surface area contributed by atoms with Gasteiger partial charge in [-0.25, -0.2) is 0 Å². The van der Waals surface area contributed by atoms with Crippen LogP contribution in [0.3, 0.4) is 0 Å². The monoisotopic (exact) mass is 536 g/mol. The fraction of sp³-hybridized carbons (Fsp3) is 0.517. The Morgan fingerprint density at radius 1 is 1.03 bits per heavy atom. The van der Waals surface area contributed by atoms with Gasteiger partial charge in [-0.1, -0.05) is 35.9 Å². The molecule has 2 aromatic carbocycles. The van der Waals surface area contributed by atoms with Gasteiger partial charge in [0.1, 0.15) is 5.82 Å². The summed E-state index contributed by atoms with van der Waals surface area (Å²) in [5.41, 5.74) is 3.30. The molecular formula is C29H37ClN6O2. The number of halogens is 1. The van der Waals surface area contributed by atoms with Gasteiger partial charge in [-0.2, -0.15) is 9.97 Å². The van der Waals surface area contributed by atoms with Crippen molar-refractivity contribution in [3.8, 4) is 6.01 Å². The molecule has 4 aliphatic rings. The highest BCUT2D eigenvalue weighted by molar-refractivity contribution is 6.36. The highest BCUT2D eigenvalue weighted by Crippen LogP contribution is 2.37. The first-order valence-electron chi connectivity index (χ1n) is 13.7. The molecule has 5 heterocycles. The summed E-state index contributed by atoms with van der Waals surface area (Å²) in [4.78, 5) is 16.5. The smallest absolute Gasteiger partial charge is 0.318 e. The Labute approximate surface area is 229 Å². The molecule has 3 aromatic rings. The number of nitrogens with zero attached hydrogens (tertiary/aromatic N) is 5. The van der Waals surface area contributed by atoms with E-state index in [9.17, 15) is 5.11 Å². The van der Waals surface area contributed by atoms with Gasteiger partial charge in [0, 0.05) is 42.3 Å². The lowest BCUT2D eigenvalue weighted by Crippen LogP contribution is -2.53. The number of benzene rings is 2. The summed E-state index contributed by atoms with van der Waals surface area (Å²) in [5, 5.41) is 16.8. The van der Waals surface area contributed by atoms with Crippen molar-refractivity contribution in [2.24, 2.45) is 0 Å². The van der Waals surface area contributed by atoms with Gasteiger partial charge >= 0.3 is 6.01 Å². The molecule has 2 N–H and O–H groups in total. The molecule has 3 saturated heterocycles. The SMILES string of the molecule is CN1CCCC1.COc1nc2c(c(N3CC4CC(O)C(C3)N4)n1)CCN(c1cccc3cccc(Cl)c13)C2. The van der Waals surface area contributed by atoms with Crippen molar-refractivity contribution >= 4 is 33.9 Å². The lowest BCUT2D eigenvalue weighted by Gasteiger charge is -2.37. The summed E-state index contributed by atoms with van der Waals surface area (Å²) in [6, 6.07) is 13.1. The zero-order chi connectivity index (χ0) is 26.2. The molecular weight excluding hydrogens is 500 g/mol. The minimum absolute atomic E-state index is 0.0864. The van der Waals surface area contributed by atoms with E-state index in [1.165, 1.54) is 31.5 Å². The Kier molecular flexibility index (Phi) is 7.31. The third-order valence-electron chi connectivity index (χ3n) is 8.31. The van der Waals surface area contributed by atoms with E-state index in [0.717, 1.165) is 65.5 Å². The van der Waals surface area contributed by atoms with Crippen LogP contribution in [-0.4, -0.2) is 85.0 Å².